The zero-order chi connectivity index (χ0) is 14.6. The largest absolute Gasteiger partial charge is 0.494 e. The molecule has 1 aromatic rings. The van der Waals surface area contributed by atoms with E-state index in [-0.39, 0.29) is 17.9 Å². The summed E-state index contributed by atoms with van der Waals surface area (Å²) in [7, 11) is 1.39. The highest BCUT2D eigenvalue weighted by Gasteiger charge is 2.29. The topological polar surface area (TPSA) is 98.9 Å². The van der Waals surface area contributed by atoms with Crippen molar-refractivity contribution in [2.45, 2.75) is 13.8 Å². The number of carbonyl (C=O) groups is 2. The van der Waals surface area contributed by atoms with Gasteiger partial charge < -0.3 is 20.3 Å². The highest BCUT2D eigenvalue weighted by molar-refractivity contribution is 5.94. The Labute approximate surface area is 111 Å². The number of methoxy groups -OCH3 is 1. The molecular weight excluding hydrogens is 250 g/mol. The van der Waals surface area contributed by atoms with Crippen molar-refractivity contribution in [3.05, 3.63) is 23.8 Å². The van der Waals surface area contributed by atoms with E-state index in [2.05, 4.69) is 0 Å². The minimum atomic E-state index is -1.15. The van der Waals surface area contributed by atoms with Gasteiger partial charge in [0.25, 0.3) is 0 Å². The van der Waals surface area contributed by atoms with Gasteiger partial charge >= 0.3 is 11.9 Å². The number of benzene rings is 1. The summed E-state index contributed by atoms with van der Waals surface area (Å²) in [5.41, 5.74) is 5.01. The van der Waals surface area contributed by atoms with Gasteiger partial charge in [-0.05, 0) is 26.0 Å². The molecule has 0 aromatic heterocycles. The first-order valence-electron chi connectivity index (χ1n) is 5.62. The number of ether oxygens (including phenoxy) is 2. The van der Waals surface area contributed by atoms with E-state index in [0.29, 0.717) is 5.69 Å². The van der Waals surface area contributed by atoms with Crippen LogP contribution < -0.4 is 10.5 Å². The number of rotatable bonds is 5. The number of anilines is 1. The van der Waals surface area contributed by atoms with Crippen LogP contribution in [0.5, 0.6) is 5.75 Å². The minimum Gasteiger partial charge on any atom is -0.494 e. The molecule has 1 aromatic carbocycles. The third-order valence-electron chi connectivity index (χ3n) is 2.61. The average Bonchev–Trinajstić information content (AvgIpc) is 2.35. The molecule has 0 atom stereocenters. The van der Waals surface area contributed by atoms with Gasteiger partial charge in [-0.2, -0.15) is 0 Å². The quantitative estimate of drug-likeness (QED) is 0.620. The van der Waals surface area contributed by atoms with E-state index in [1.807, 2.05) is 0 Å². The number of carboxylic acids is 1. The lowest BCUT2D eigenvalue weighted by Crippen LogP contribution is -2.30. The van der Waals surface area contributed by atoms with Gasteiger partial charge in [-0.15, -0.1) is 0 Å². The standard InChI is InChI=1S/C13H17NO5/c1-13(2,12(16)17)7-19-11(15)8-5-4-6-9(14)10(8)18-3/h4-6H,7,14H2,1-3H3,(H,16,17). The van der Waals surface area contributed by atoms with Crippen molar-refractivity contribution >= 4 is 17.6 Å². The Kier molecular flexibility index (Phi) is 4.37. The van der Waals surface area contributed by atoms with E-state index in [0.717, 1.165) is 0 Å². The molecule has 6 nitrogen and oxygen atoms in total. The molecule has 0 fully saturated rings. The number of hydrogen-bond donors (Lipinski definition) is 2. The number of nitrogen functional groups attached to an aromatic ring is 1. The molecule has 6 heteroatoms. The van der Waals surface area contributed by atoms with Gasteiger partial charge in [0.1, 0.15) is 12.2 Å². The Morgan fingerprint density at radius 2 is 2.00 bits per heavy atom. The van der Waals surface area contributed by atoms with Crippen LogP contribution >= 0.6 is 0 Å². The number of para-hydroxylation sites is 1. The summed E-state index contributed by atoms with van der Waals surface area (Å²) in [5, 5.41) is 8.93. The summed E-state index contributed by atoms with van der Waals surface area (Å²) in [5.74, 6) is -1.49. The molecule has 0 aliphatic rings. The van der Waals surface area contributed by atoms with E-state index < -0.39 is 17.4 Å². The van der Waals surface area contributed by atoms with Crippen LogP contribution in [0, 0.1) is 5.41 Å². The number of aliphatic carboxylic acids is 1. The maximum Gasteiger partial charge on any atom is 0.342 e. The molecule has 0 amide bonds. The third kappa shape index (κ3) is 3.37. The van der Waals surface area contributed by atoms with E-state index in [4.69, 9.17) is 20.3 Å². The van der Waals surface area contributed by atoms with Crippen molar-refractivity contribution in [3.63, 3.8) is 0 Å². The Morgan fingerprint density at radius 1 is 1.37 bits per heavy atom. The average molecular weight is 267 g/mol. The van der Waals surface area contributed by atoms with Crippen LogP contribution in [-0.4, -0.2) is 30.8 Å². The van der Waals surface area contributed by atoms with Gasteiger partial charge in [0, 0.05) is 0 Å². The van der Waals surface area contributed by atoms with E-state index in [9.17, 15) is 9.59 Å². The van der Waals surface area contributed by atoms with Gasteiger partial charge in [0.2, 0.25) is 0 Å². The summed E-state index contributed by atoms with van der Waals surface area (Å²) in [6, 6.07) is 4.69. The second-order valence-corrected chi connectivity index (χ2v) is 4.69. The van der Waals surface area contributed by atoms with Crippen LogP contribution in [0.2, 0.25) is 0 Å². The monoisotopic (exact) mass is 267 g/mol. The number of carbonyl (C=O) groups excluding carboxylic acids is 1. The van der Waals surface area contributed by atoms with E-state index in [1.165, 1.54) is 27.0 Å². The first-order chi connectivity index (χ1) is 8.79. The fourth-order valence-corrected chi connectivity index (χ4v) is 1.33. The lowest BCUT2D eigenvalue weighted by Gasteiger charge is -2.19. The lowest BCUT2D eigenvalue weighted by atomic mass is 9.95. The van der Waals surface area contributed by atoms with Crippen LogP contribution in [0.25, 0.3) is 0 Å². The Hall–Kier alpha value is -2.24. The van der Waals surface area contributed by atoms with Gasteiger partial charge in [-0.3, -0.25) is 4.79 Å². The molecule has 0 unspecified atom stereocenters. The molecule has 0 bridgehead atoms. The molecule has 0 aliphatic heterocycles. The zero-order valence-electron chi connectivity index (χ0n) is 11.1. The Balaban J connectivity index is 2.86. The molecule has 0 aliphatic carbocycles. The second kappa shape index (κ2) is 5.60. The smallest absolute Gasteiger partial charge is 0.342 e. The van der Waals surface area contributed by atoms with Gasteiger partial charge in [-0.1, -0.05) is 6.07 Å². The SMILES string of the molecule is COc1c(N)cccc1C(=O)OCC(C)(C)C(=O)O. The molecule has 0 radical (unpaired) electrons. The minimum absolute atomic E-state index is 0.170. The molecule has 19 heavy (non-hydrogen) atoms. The molecule has 0 saturated heterocycles. The maximum atomic E-state index is 11.9. The third-order valence-corrected chi connectivity index (χ3v) is 2.61. The van der Waals surface area contributed by atoms with Gasteiger partial charge in [0.15, 0.2) is 5.75 Å². The second-order valence-electron chi connectivity index (χ2n) is 4.69. The predicted octanol–water partition coefficient (Wildman–Crippen LogP) is 1.55. The van der Waals surface area contributed by atoms with Crippen molar-refractivity contribution in [1.29, 1.82) is 0 Å². The lowest BCUT2D eigenvalue weighted by molar-refractivity contribution is -0.149. The Bertz CT molecular complexity index is 496. The summed E-state index contributed by atoms with van der Waals surface area (Å²) in [6.45, 7) is 2.71. The highest BCUT2D eigenvalue weighted by Crippen LogP contribution is 2.27. The number of esters is 1. The number of carboxylic acid groups (broad SMARTS) is 1. The van der Waals surface area contributed by atoms with Crippen molar-refractivity contribution in [2.75, 3.05) is 19.5 Å². The molecule has 3 N–H and O–H groups in total. The van der Waals surface area contributed by atoms with Crippen molar-refractivity contribution in [1.82, 2.24) is 0 Å². The highest BCUT2D eigenvalue weighted by atomic mass is 16.5. The van der Waals surface area contributed by atoms with Crippen LogP contribution in [0.3, 0.4) is 0 Å². The van der Waals surface area contributed by atoms with Gasteiger partial charge in [-0.25, -0.2) is 4.79 Å². The van der Waals surface area contributed by atoms with E-state index >= 15 is 0 Å². The molecule has 0 heterocycles. The van der Waals surface area contributed by atoms with Crippen LogP contribution in [0.15, 0.2) is 18.2 Å². The molecular formula is C13H17NO5. The summed E-state index contributed by atoms with van der Waals surface area (Å²) in [4.78, 5) is 22.8. The van der Waals surface area contributed by atoms with Crippen molar-refractivity contribution < 1.29 is 24.2 Å². The molecule has 1 rings (SSSR count). The van der Waals surface area contributed by atoms with Crippen LogP contribution in [0.1, 0.15) is 24.2 Å². The van der Waals surface area contributed by atoms with E-state index in [1.54, 1.807) is 12.1 Å². The fraction of sp³-hybridized carbons (Fsp3) is 0.385. The Morgan fingerprint density at radius 3 is 2.53 bits per heavy atom. The fourth-order valence-electron chi connectivity index (χ4n) is 1.33. The molecule has 0 spiro atoms. The summed E-state index contributed by atoms with van der Waals surface area (Å²) >= 11 is 0. The summed E-state index contributed by atoms with van der Waals surface area (Å²) < 4.78 is 10.0. The van der Waals surface area contributed by atoms with Crippen LogP contribution in [0.4, 0.5) is 5.69 Å². The number of nitrogens with two attached hydrogens (primary N) is 1. The van der Waals surface area contributed by atoms with Gasteiger partial charge in [0.05, 0.1) is 18.2 Å². The molecule has 104 valence electrons. The first kappa shape index (κ1) is 14.8. The number of hydrogen-bond acceptors (Lipinski definition) is 5. The van der Waals surface area contributed by atoms with Crippen LogP contribution in [-0.2, 0) is 9.53 Å². The zero-order valence-corrected chi connectivity index (χ0v) is 11.1. The van der Waals surface area contributed by atoms with Crippen molar-refractivity contribution in [2.24, 2.45) is 5.41 Å². The first-order valence-corrected chi connectivity index (χ1v) is 5.62. The predicted molar refractivity (Wildman–Crippen MR) is 69.1 cm³/mol. The molecule has 0 saturated carbocycles. The maximum absolute atomic E-state index is 11.9. The summed E-state index contributed by atoms with van der Waals surface area (Å²) in [6.07, 6.45) is 0. The van der Waals surface area contributed by atoms with Crippen molar-refractivity contribution in [3.8, 4) is 5.75 Å². The normalized spacial score (nSPS) is 10.9.